The molecule has 0 N–H and O–H groups in total. The number of esters is 1. The first-order valence-corrected chi connectivity index (χ1v) is 12.0. The van der Waals surface area contributed by atoms with Crippen molar-refractivity contribution in [2.45, 2.75) is 18.4 Å². The van der Waals surface area contributed by atoms with Crippen molar-refractivity contribution in [3.05, 3.63) is 48.5 Å². The molecule has 34 heavy (non-hydrogen) atoms. The van der Waals surface area contributed by atoms with Crippen molar-refractivity contribution in [1.29, 1.82) is 0 Å². The maximum Gasteiger partial charge on any atom is 0.411 e. The van der Waals surface area contributed by atoms with Gasteiger partial charge in [-0.1, -0.05) is 24.3 Å². The zero-order valence-electron chi connectivity index (χ0n) is 19.0. The number of amides is 1. The molecule has 0 radical (unpaired) electrons. The van der Waals surface area contributed by atoms with Crippen LogP contribution in [0.4, 0.5) is 20.6 Å². The Morgan fingerprint density at radius 1 is 1.03 bits per heavy atom. The number of methoxy groups -OCH3 is 1. The maximum atomic E-state index is 13.5. The molecular weight excluding hydrogens is 461 g/mol. The number of anilines is 2. The number of nitrogens with zero attached hydrogens (tertiary/aromatic N) is 3. The van der Waals surface area contributed by atoms with Gasteiger partial charge in [-0.3, -0.25) is 0 Å². The van der Waals surface area contributed by atoms with Crippen molar-refractivity contribution in [3.63, 3.8) is 0 Å². The molecule has 2 aliphatic rings. The average molecular weight is 490 g/mol. The largest absolute Gasteiger partial charge is 0.428 e. The topological polar surface area (TPSA) is 71.5 Å². The van der Waals surface area contributed by atoms with E-state index in [2.05, 4.69) is 29.2 Å². The molecule has 0 bridgehead atoms. The van der Waals surface area contributed by atoms with E-state index in [1.165, 1.54) is 25.6 Å². The molecule has 1 amide bonds. The Bertz CT molecular complexity index is 987. The number of hydrogen-bond acceptors (Lipinski definition) is 8. The summed E-state index contributed by atoms with van der Waals surface area (Å²) in [5, 5.41) is 0. The summed E-state index contributed by atoms with van der Waals surface area (Å²) in [6, 6.07) is 16.1. The number of ether oxygens (including phenoxy) is 3. The number of rotatable bonds is 9. The monoisotopic (exact) mass is 489 g/mol. The zero-order valence-corrected chi connectivity index (χ0v) is 19.8. The summed E-state index contributed by atoms with van der Waals surface area (Å²) in [5.74, 6) is -0.611. The van der Waals surface area contributed by atoms with Gasteiger partial charge < -0.3 is 24.0 Å². The molecule has 2 aromatic rings. The Kier molecular flexibility index (Phi) is 8.25. The molecule has 1 unspecified atom stereocenters. The lowest BCUT2D eigenvalue weighted by Crippen LogP contribution is -2.34. The summed E-state index contributed by atoms with van der Waals surface area (Å²) in [6.07, 6.45) is 0.848. The van der Waals surface area contributed by atoms with E-state index in [4.69, 9.17) is 14.2 Å². The van der Waals surface area contributed by atoms with Crippen molar-refractivity contribution in [2.75, 3.05) is 56.5 Å². The van der Waals surface area contributed by atoms with Gasteiger partial charge >= 0.3 is 12.1 Å². The van der Waals surface area contributed by atoms with Crippen LogP contribution in [0.25, 0.3) is 11.1 Å². The van der Waals surface area contributed by atoms with Gasteiger partial charge in [0.25, 0.3) is 0 Å². The predicted octanol–water partition coefficient (Wildman–Crippen LogP) is 4.26. The zero-order chi connectivity index (χ0) is 23.9. The van der Waals surface area contributed by atoms with Crippen LogP contribution >= 0.6 is 11.9 Å². The van der Waals surface area contributed by atoms with Gasteiger partial charge in [0.05, 0.1) is 13.2 Å². The number of carbonyl (C=O) groups excluding carboxylic acids is 2. The van der Waals surface area contributed by atoms with Crippen molar-refractivity contribution < 1.29 is 28.2 Å². The third-order valence-electron chi connectivity index (χ3n) is 5.68. The first-order chi connectivity index (χ1) is 16.5. The molecule has 0 saturated carbocycles. The van der Waals surface area contributed by atoms with Crippen molar-refractivity contribution in [1.82, 2.24) is 4.31 Å². The highest BCUT2D eigenvalue weighted by Gasteiger charge is 2.37. The molecule has 8 nitrogen and oxygen atoms in total. The lowest BCUT2D eigenvalue weighted by Gasteiger charge is -2.24. The Morgan fingerprint density at radius 3 is 2.50 bits per heavy atom. The lowest BCUT2D eigenvalue weighted by molar-refractivity contribution is -0.150. The molecule has 2 aliphatic heterocycles. The van der Waals surface area contributed by atoms with Gasteiger partial charge in [-0.15, -0.1) is 4.39 Å². The second-order valence-corrected chi connectivity index (χ2v) is 9.04. The summed E-state index contributed by atoms with van der Waals surface area (Å²) in [5.41, 5.74) is 3.02. The molecule has 1 atom stereocenters. The van der Waals surface area contributed by atoms with Crippen LogP contribution in [0.15, 0.2) is 48.5 Å². The Balaban J connectivity index is 1.47. The van der Waals surface area contributed by atoms with E-state index in [1.807, 2.05) is 24.3 Å². The van der Waals surface area contributed by atoms with Crippen LogP contribution in [0, 0.1) is 0 Å². The van der Waals surface area contributed by atoms with Crippen LogP contribution in [-0.4, -0.2) is 68.7 Å². The fourth-order valence-corrected chi connectivity index (χ4v) is 4.88. The summed E-state index contributed by atoms with van der Waals surface area (Å²) < 4.78 is 29.9. The SMILES string of the molecule is COCCOCC(=O)OC1SN(C(=O)F)CN1c1cccc(-c2ccc(N3CCCC3)cc2)c1. The number of carbonyl (C=O) groups is 2. The second kappa shape index (κ2) is 11.5. The molecule has 4 rings (SSSR count). The highest BCUT2D eigenvalue weighted by atomic mass is 32.2. The average Bonchev–Trinajstić information content (AvgIpc) is 3.53. The minimum absolute atomic E-state index is 0.0557. The normalized spacial score (nSPS) is 17.9. The van der Waals surface area contributed by atoms with Crippen molar-refractivity contribution in [2.24, 2.45) is 0 Å². The standard InChI is InChI=1S/C24H28FN3O5S/c1-31-13-14-32-16-22(29)33-24-27(17-28(34-24)23(25)30)21-6-4-5-19(15-21)18-7-9-20(10-8-18)26-11-2-3-12-26/h4-10,15,24H,2-3,11-14,16-17H2,1H3. The third-order valence-corrected chi connectivity index (χ3v) is 6.73. The van der Waals surface area contributed by atoms with Gasteiger partial charge in [0.15, 0.2) is 0 Å². The Labute approximate surface area is 202 Å². The molecule has 10 heteroatoms. The molecule has 2 heterocycles. The van der Waals surface area contributed by atoms with Crippen LogP contribution in [0.3, 0.4) is 0 Å². The molecule has 2 saturated heterocycles. The highest BCUT2D eigenvalue weighted by Crippen LogP contribution is 2.36. The van der Waals surface area contributed by atoms with E-state index in [0.717, 1.165) is 40.5 Å². The molecule has 2 fully saturated rings. The van der Waals surface area contributed by atoms with E-state index < -0.39 is 17.7 Å². The number of halogens is 1. The van der Waals surface area contributed by atoms with Crippen LogP contribution in [0.2, 0.25) is 0 Å². The Hall–Kier alpha value is -2.82. The van der Waals surface area contributed by atoms with Crippen LogP contribution in [0.1, 0.15) is 12.8 Å². The maximum absolute atomic E-state index is 13.5. The second-order valence-electron chi connectivity index (χ2n) is 7.98. The first-order valence-electron chi connectivity index (χ1n) is 11.2. The van der Waals surface area contributed by atoms with E-state index >= 15 is 0 Å². The first kappa shape index (κ1) is 24.3. The number of benzene rings is 2. The highest BCUT2D eigenvalue weighted by molar-refractivity contribution is 7.98. The van der Waals surface area contributed by atoms with Crippen LogP contribution < -0.4 is 9.80 Å². The third kappa shape index (κ3) is 5.99. The summed E-state index contributed by atoms with van der Waals surface area (Å²) in [6.45, 7) is 2.46. The molecule has 182 valence electrons. The van der Waals surface area contributed by atoms with Crippen molar-refractivity contribution >= 4 is 35.5 Å². The number of hydrogen-bond donors (Lipinski definition) is 0. The van der Waals surface area contributed by atoms with E-state index in [0.29, 0.717) is 12.3 Å². The van der Waals surface area contributed by atoms with E-state index in [1.54, 1.807) is 4.90 Å². The van der Waals surface area contributed by atoms with Crippen molar-refractivity contribution in [3.8, 4) is 11.1 Å². The molecule has 2 aromatic carbocycles. The molecule has 0 spiro atoms. The molecule has 0 aliphatic carbocycles. The Morgan fingerprint density at radius 2 is 1.79 bits per heavy atom. The summed E-state index contributed by atoms with van der Waals surface area (Å²) >= 11 is 0.817. The lowest BCUT2D eigenvalue weighted by atomic mass is 10.0. The summed E-state index contributed by atoms with van der Waals surface area (Å²) in [4.78, 5) is 27.6. The molecule has 0 aromatic heterocycles. The summed E-state index contributed by atoms with van der Waals surface area (Å²) in [7, 11) is 1.54. The fourth-order valence-electron chi connectivity index (χ4n) is 3.94. The fraction of sp³-hybridized carbons (Fsp3) is 0.417. The van der Waals surface area contributed by atoms with Gasteiger partial charge in [-0.25, -0.2) is 13.9 Å². The van der Waals surface area contributed by atoms with Gasteiger partial charge in [-0.2, -0.15) is 0 Å². The van der Waals surface area contributed by atoms with Gasteiger partial charge in [0, 0.05) is 43.5 Å². The smallest absolute Gasteiger partial charge is 0.411 e. The van der Waals surface area contributed by atoms with Crippen LogP contribution in [-0.2, 0) is 19.0 Å². The van der Waals surface area contributed by atoms with Gasteiger partial charge in [-0.05, 0) is 48.2 Å². The van der Waals surface area contributed by atoms with Crippen LogP contribution in [0.5, 0.6) is 0 Å². The van der Waals surface area contributed by atoms with E-state index in [9.17, 15) is 14.0 Å². The van der Waals surface area contributed by atoms with Gasteiger partial charge in [0.2, 0.25) is 5.56 Å². The van der Waals surface area contributed by atoms with E-state index in [-0.39, 0.29) is 19.9 Å². The minimum atomic E-state index is -1.60. The minimum Gasteiger partial charge on any atom is -0.428 e. The van der Waals surface area contributed by atoms with Gasteiger partial charge in [0.1, 0.15) is 13.3 Å². The molecular formula is C24H28FN3O5S. The predicted molar refractivity (Wildman–Crippen MR) is 129 cm³/mol. The quantitative estimate of drug-likeness (QED) is 0.170.